The first-order chi connectivity index (χ1) is 9.63. The van der Waals surface area contributed by atoms with Crippen molar-refractivity contribution in [1.82, 2.24) is 10.3 Å². The summed E-state index contributed by atoms with van der Waals surface area (Å²) in [5.41, 5.74) is 0.429. The van der Waals surface area contributed by atoms with Crippen LogP contribution in [0.3, 0.4) is 0 Å². The van der Waals surface area contributed by atoms with Crippen LogP contribution in [-0.2, 0) is 0 Å². The Morgan fingerprint density at radius 2 is 2.40 bits per heavy atom. The maximum absolute atomic E-state index is 11.2. The highest BCUT2D eigenvalue weighted by molar-refractivity contribution is 9.10. The summed E-state index contributed by atoms with van der Waals surface area (Å²) in [6, 6.07) is 0.293. The van der Waals surface area contributed by atoms with Crippen molar-refractivity contribution < 1.29 is 10.0 Å². The molecule has 1 unspecified atom stereocenters. The standard InChI is InChI=1S/C12H17BrN4O3/c13-10-6-14-7-11(17(19)20)12(10)16(4-5-18)8-9-2-1-3-15-9/h6-7,9,15,18H,1-5,8H2. The number of nitrogens with zero attached hydrogens (tertiary/aromatic N) is 3. The Morgan fingerprint density at radius 1 is 1.60 bits per heavy atom. The summed E-state index contributed by atoms with van der Waals surface area (Å²) >= 11 is 3.32. The van der Waals surface area contributed by atoms with Crippen LogP contribution in [0.5, 0.6) is 0 Å². The first kappa shape index (κ1) is 15.1. The molecule has 1 atom stereocenters. The molecule has 20 heavy (non-hydrogen) atoms. The highest BCUT2D eigenvalue weighted by Gasteiger charge is 2.26. The average molecular weight is 345 g/mol. The Labute approximate surface area is 125 Å². The lowest BCUT2D eigenvalue weighted by Crippen LogP contribution is -2.39. The van der Waals surface area contributed by atoms with Gasteiger partial charge in [0.1, 0.15) is 11.9 Å². The van der Waals surface area contributed by atoms with Crippen LogP contribution in [0.15, 0.2) is 16.9 Å². The summed E-state index contributed by atoms with van der Waals surface area (Å²) in [4.78, 5) is 16.4. The fourth-order valence-corrected chi connectivity index (χ4v) is 3.03. The van der Waals surface area contributed by atoms with Gasteiger partial charge < -0.3 is 15.3 Å². The molecule has 2 rings (SSSR count). The predicted molar refractivity (Wildman–Crippen MR) is 78.9 cm³/mol. The third-order valence-corrected chi connectivity index (χ3v) is 3.92. The fraction of sp³-hybridized carbons (Fsp3) is 0.583. The first-order valence-corrected chi connectivity index (χ1v) is 7.30. The lowest BCUT2D eigenvalue weighted by atomic mass is 10.2. The molecule has 1 aliphatic rings. The van der Waals surface area contributed by atoms with Gasteiger partial charge in [-0.1, -0.05) is 0 Å². The van der Waals surface area contributed by atoms with Crippen LogP contribution >= 0.6 is 15.9 Å². The molecule has 8 heteroatoms. The van der Waals surface area contributed by atoms with Crippen LogP contribution < -0.4 is 10.2 Å². The van der Waals surface area contributed by atoms with E-state index in [0.717, 1.165) is 19.4 Å². The lowest BCUT2D eigenvalue weighted by Gasteiger charge is -2.27. The number of pyridine rings is 1. The Kier molecular flexibility index (Phi) is 5.27. The SMILES string of the molecule is O=[N+]([O-])c1cncc(Br)c1N(CCO)CC1CCCN1. The molecule has 0 saturated carbocycles. The van der Waals surface area contributed by atoms with Crippen LogP contribution in [0, 0.1) is 10.1 Å². The van der Waals surface area contributed by atoms with E-state index in [1.165, 1.54) is 12.4 Å². The zero-order valence-corrected chi connectivity index (χ0v) is 12.5. The van der Waals surface area contributed by atoms with Gasteiger partial charge >= 0.3 is 5.69 Å². The molecule has 7 nitrogen and oxygen atoms in total. The van der Waals surface area contributed by atoms with Crippen molar-refractivity contribution in [3.05, 3.63) is 27.0 Å². The summed E-state index contributed by atoms with van der Waals surface area (Å²) in [6.07, 6.45) is 4.93. The second kappa shape index (κ2) is 6.96. The smallest absolute Gasteiger partial charge is 0.311 e. The Balaban J connectivity index is 2.29. The highest BCUT2D eigenvalue weighted by atomic mass is 79.9. The Bertz CT molecular complexity index is 480. The van der Waals surface area contributed by atoms with Crippen LogP contribution in [0.4, 0.5) is 11.4 Å². The molecule has 110 valence electrons. The molecule has 1 aliphatic heterocycles. The summed E-state index contributed by atoms with van der Waals surface area (Å²) < 4.78 is 0.568. The second-order valence-electron chi connectivity index (χ2n) is 4.71. The molecule has 0 radical (unpaired) electrons. The topological polar surface area (TPSA) is 91.5 Å². The molecule has 1 fully saturated rings. The minimum Gasteiger partial charge on any atom is -0.395 e. The van der Waals surface area contributed by atoms with E-state index in [0.29, 0.717) is 29.3 Å². The van der Waals surface area contributed by atoms with Crippen molar-refractivity contribution in [3.8, 4) is 0 Å². The summed E-state index contributed by atoms with van der Waals surface area (Å²) in [6.45, 7) is 1.89. The molecular formula is C12H17BrN4O3. The van der Waals surface area contributed by atoms with Crippen molar-refractivity contribution in [2.75, 3.05) is 31.1 Å². The first-order valence-electron chi connectivity index (χ1n) is 6.50. The monoisotopic (exact) mass is 344 g/mol. The number of anilines is 1. The van der Waals surface area contributed by atoms with E-state index in [2.05, 4.69) is 26.2 Å². The molecule has 0 aromatic carbocycles. The molecule has 1 aromatic rings. The van der Waals surface area contributed by atoms with Gasteiger partial charge in [-0.05, 0) is 35.3 Å². The van der Waals surface area contributed by atoms with E-state index in [1.807, 2.05) is 4.90 Å². The molecule has 0 aliphatic carbocycles. The van der Waals surface area contributed by atoms with Crippen LogP contribution in [0.25, 0.3) is 0 Å². The van der Waals surface area contributed by atoms with Gasteiger partial charge in [-0.25, -0.2) is 0 Å². The summed E-state index contributed by atoms with van der Waals surface area (Å²) in [5.74, 6) is 0. The number of aliphatic hydroxyl groups excluding tert-OH is 1. The normalized spacial score (nSPS) is 18.2. The quantitative estimate of drug-likeness (QED) is 0.597. The second-order valence-corrected chi connectivity index (χ2v) is 5.56. The molecule has 0 spiro atoms. The number of halogens is 1. The van der Waals surface area contributed by atoms with Gasteiger partial charge in [-0.3, -0.25) is 15.1 Å². The van der Waals surface area contributed by atoms with Gasteiger partial charge in [0.2, 0.25) is 0 Å². The third-order valence-electron chi connectivity index (χ3n) is 3.34. The number of aliphatic hydroxyl groups is 1. The lowest BCUT2D eigenvalue weighted by molar-refractivity contribution is -0.384. The van der Waals surface area contributed by atoms with E-state index in [9.17, 15) is 15.2 Å². The predicted octanol–water partition coefficient (Wildman–Crippen LogP) is 1.30. The summed E-state index contributed by atoms with van der Waals surface area (Å²) in [5, 5.41) is 23.7. The molecule has 1 saturated heterocycles. The van der Waals surface area contributed by atoms with Crippen LogP contribution in [0.1, 0.15) is 12.8 Å². The third kappa shape index (κ3) is 3.44. The van der Waals surface area contributed by atoms with Crippen molar-refractivity contribution in [3.63, 3.8) is 0 Å². The number of rotatable bonds is 6. The van der Waals surface area contributed by atoms with E-state index in [1.54, 1.807) is 0 Å². The molecular weight excluding hydrogens is 328 g/mol. The van der Waals surface area contributed by atoms with Gasteiger partial charge in [0.05, 0.1) is 16.0 Å². The van der Waals surface area contributed by atoms with Gasteiger partial charge in [0.25, 0.3) is 0 Å². The number of hydrogen-bond acceptors (Lipinski definition) is 6. The fourth-order valence-electron chi connectivity index (χ4n) is 2.46. The average Bonchev–Trinajstić information content (AvgIpc) is 2.91. The maximum Gasteiger partial charge on any atom is 0.311 e. The van der Waals surface area contributed by atoms with Crippen molar-refractivity contribution in [1.29, 1.82) is 0 Å². The molecule has 2 N–H and O–H groups in total. The molecule has 1 aromatic heterocycles. The zero-order valence-electron chi connectivity index (χ0n) is 11.0. The number of aromatic nitrogens is 1. The Morgan fingerprint density at radius 3 is 3.00 bits per heavy atom. The van der Waals surface area contributed by atoms with Gasteiger partial charge in [0.15, 0.2) is 0 Å². The molecule has 2 heterocycles. The van der Waals surface area contributed by atoms with Gasteiger partial charge in [0, 0.05) is 25.3 Å². The van der Waals surface area contributed by atoms with Crippen molar-refractivity contribution in [2.45, 2.75) is 18.9 Å². The Hall–Kier alpha value is -1.25. The number of nitrogens with one attached hydrogen (secondary N) is 1. The summed E-state index contributed by atoms with van der Waals surface area (Å²) in [7, 11) is 0. The van der Waals surface area contributed by atoms with Crippen LogP contribution in [0.2, 0.25) is 0 Å². The van der Waals surface area contributed by atoms with E-state index in [-0.39, 0.29) is 12.3 Å². The molecule has 0 amide bonds. The van der Waals surface area contributed by atoms with Crippen molar-refractivity contribution in [2.24, 2.45) is 0 Å². The molecule has 0 bridgehead atoms. The van der Waals surface area contributed by atoms with E-state index >= 15 is 0 Å². The van der Waals surface area contributed by atoms with Gasteiger partial charge in [-0.15, -0.1) is 0 Å². The minimum absolute atomic E-state index is 0.0502. The van der Waals surface area contributed by atoms with Crippen molar-refractivity contribution >= 4 is 27.3 Å². The largest absolute Gasteiger partial charge is 0.395 e. The van der Waals surface area contributed by atoms with Gasteiger partial charge in [-0.2, -0.15) is 0 Å². The van der Waals surface area contributed by atoms with E-state index < -0.39 is 4.92 Å². The zero-order chi connectivity index (χ0) is 14.5. The number of nitro groups is 1. The maximum atomic E-state index is 11.2. The number of hydrogen-bond donors (Lipinski definition) is 2. The van der Waals surface area contributed by atoms with Crippen LogP contribution in [-0.4, -0.2) is 47.3 Å². The highest BCUT2D eigenvalue weighted by Crippen LogP contribution is 2.34. The van der Waals surface area contributed by atoms with E-state index in [4.69, 9.17) is 0 Å². The minimum atomic E-state index is -0.445.